The molecule has 138 valence electrons. The summed E-state index contributed by atoms with van der Waals surface area (Å²) in [6.45, 7) is 6.27. The standard InChI is InChI=1S/C18H23BrN6O/c1-13(2)26-8-4-7-21-16-9-17(22-11-14-5-3-6-20-10-14)25-18(24-16)15(19)12-23-25/h3,5-6,9-10,12-13,22H,4,7-8,11H2,1-2H3,(H,21,24). The number of rotatable bonds is 9. The fourth-order valence-electron chi connectivity index (χ4n) is 2.46. The first-order valence-electron chi connectivity index (χ1n) is 8.66. The van der Waals surface area contributed by atoms with Gasteiger partial charge in [-0.05, 0) is 47.8 Å². The molecule has 8 heteroatoms. The zero-order valence-corrected chi connectivity index (χ0v) is 16.5. The molecule has 0 amide bonds. The molecule has 0 saturated heterocycles. The summed E-state index contributed by atoms with van der Waals surface area (Å²) in [5.41, 5.74) is 1.87. The third kappa shape index (κ3) is 4.92. The Hall–Kier alpha value is -2.19. The lowest BCUT2D eigenvalue weighted by atomic mass is 10.3. The van der Waals surface area contributed by atoms with E-state index in [2.05, 4.69) is 41.6 Å². The number of nitrogens with zero attached hydrogens (tertiary/aromatic N) is 4. The van der Waals surface area contributed by atoms with Gasteiger partial charge in [-0.2, -0.15) is 9.61 Å². The molecular formula is C18H23BrN6O. The monoisotopic (exact) mass is 418 g/mol. The van der Waals surface area contributed by atoms with Crippen LogP contribution in [0.25, 0.3) is 5.65 Å². The highest BCUT2D eigenvalue weighted by molar-refractivity contribution is 9.10. The topological polar surface area (TPSA) is 76.4 Å². The first-order valence-corrected chi connectivity index (χ1v) is 9.45. The number of hydrogen-bond donors (Lipinski definition) is 2. The highest BCUT2D eigenvalue weighted by atomic mass is 79.9. The predicted molar refractivity (Wildman–Crippen MR) is 106 cm³/mol. The molecular weight excluding hydrogens is 396 g/mol. The number of halogens is 1. The number of aromatic nitrogens is 4. The number of fused-ring (bicyclic) bond motifs is 1. The van der Waals surface area contributed by atoms with Gasteiger partial charge in [0.25, 0.3) is 0 Å². The van der Waals surface area contributed by atoms with E-state index in [-0.39, 0.29) is 6.10 Å². The molecule has 0 fully saturated rings. The Morgan fingerprint density at radius 2 is 2.15 bits per heavy atom. The van der Waals surface area contributed by atoms with Crippen molar-refractivity contribution in [3.8, 4) is 0 Å². The average Bonchev–Trinajstić information content (AvgIpc) is 3.01. The van der Waals surface area contributed by atoms with Crippen LogP contribution in [-0.2, 0) is 11.3 Å². The summed E-state index contributed by atoms with van der Waals surface area (Å²) in [6.07, 6.45) is 6.54. The van der Waals surface area contributed by atoms with E-state index >= 15 is 0 Å². The van der Waals surface area contributed by atoms with Crippen LogP contribution in [0.15, 0.2) is 41.3 Å². The molecule has 0 unspecified atom stereocenters. The summed E-state index contributed by atoms with van der Waals surface area (Å²) >= 11 is 3.51. The van der Waals surface area contributed by atoms with Crippen molar-refractivity contribution in [2.24, 2.45) is 0 Å². The molecule has 0 radical (unpaired) electrons. The minimum Gasteiger partial charge on any atom is -0.379 e. The van der Waals surface area contributed by atoms with E-state index in [0.717, 1.165) is 46.9 Å². The second kappa shape index (κ2) is 8.95. The molecule has 0 saturated carbocycles. The number of nitrogens with one attached hydrogen (secondary N) is 2. The summed E-state index contributed by atoms with van der Waals surface area (Å²) in [7, 11) is 0. The zero-order valence-electron chi connectivity index (χ0n) is 14.9. The Kier molecular flexibility index (Phi) is 6.40. The maximum absolute atomic E-state index is 5.57. The van der Waals surface area contributed by atoms with Crippen molar-refractivity contribution in [3.05, 3.63) is 46.8 Å². The lowest BCUT2D eigenvalue weighted by Gasteiger charge is -2.12. The van der Waals surface area contributed by atoms with Crippen LogP contribution in [-0.4, -0.2) is 38.8 Å². The number of pyridine rings is 1. The van der Waals surface area contributed by atoms with Crippen molar-refractivity contribution in [3.63, 3.8) is 0 Å². The van der Waals surface area contributed by atoms with Gasteiger partial charge in [-0.25, -0.2) is 4.98 Å². The van der Waals surface area contributed by atoms with Gasteiger partial charge in [-0.1, -0.05) is 6.07 Å². The Bertz CT molecular complexity index is 836. The normalized spacial score (nSPS) is 11.2. The first kappa shape index (κ1) is 18.6. The van der Waals surface area contributed by atoms with E-state index in [9.17, 15) is 0 Å². The van der Waals surface area contributed by atoms with Gasteiger partial charge in [-0.15, -0.1) is 0 Å². The molecule has 0 aliphatic rings. The van der Waals surface area contributed by atoms with E-state index in [0.29, 0.717) is 6.54 Å². The van der Waals surface area contributed by atoms with Crippen LogP contribution in [0.5, 0.6) is 0 Å². The molecule has 3 aromatic rings. The summed E-state index contributed by atoms with van der Waals surface area (Å²) in [6, 6.07) is 5.92. The molecule has 7 nitrogen and oxygen atoms in total. The summed E-state index contributed by atoms with van der Waals surface area (Å²) < 4.78 is 8.21. The minimum absolute atomic E-state index is 0.260. The van der Waals surface area contributed by atoms with Gasteiger partial charge in [0.15, 0.2) is 5.65 Å². The smallest absolute Gasteiger partial charge is 0.173 e. The van der Waals surface area contributed by atoms with E-state index in [1.807, 2.05) is 38.2 Å². The third-order valence-electron chi connectivity index (χ3n) is 3.70. The summed E-state index contributed by atoms with van der Waals surface area (Å²) in [5.74, 6) is 1.67. The van der Waals surface area contributed by atoms with Gasteiger partial charge in [0.2, 0.25) is 0 Å². The van der Waals surface area contributed by atoms with Crippen LogP contribution < -0.4 is 10.6 Å². The van der Waals surface area contributed by atoms with Gasteiger partial charge >= 0.3 is 0 Å². The van der Waals surface area contributed by atoms with Crippen LogP contribution in [0.1, 0.15) is 25.8 Å². The fraction of sp³-hybridized carbons (Fsp3) is 0.389. The second-order valence-corrected chi connectivity index (χ2v) is 7.02. The number of ether oxygens (including phenoxy) is 1. The summed E-state index contributed by atoms with van der Waals surface area (Å²) in [5, 5.41) is 11.2. The van der Waals surface area contributed by atoms with Gasteiger partial charge in [0.05, 0.1) is 16.8 Å². The summed E-state index contributed by atoms with van der Waals surface area (Å²) in [4.78, 5) is 8.78. The minimum atomic E-state index is 0.260. The second-order valence-electron chi connectivity index (χ2n) is 6.17. The Morgan fingerprint density at radius 3 is 2.92 bits per heavy atom. The van der Waals surface area contributed by atoms with Gasteiger partial charge in [0.1, 0.15) is 11.6 Å². The quantitative estimate of drug-likeness (QED) is 0.515. The van der Waals surface area contributed by atoms with Crippen molar-refractivity contribution in [2.75, 3.05) is 23.8 Å². The Morgan fingerprint density at radius 1 is 1.27 bits per heavy atom. The van der Waals surface area contributed by atoms with Gasteiger partial charge < -0.3 is 15.4 Å². The van der Waals surface area contributed by atoms with Crippen molar-refractivity contribution in [1.82, 2.24) is 19.6 Å². The SMILES string of the molecule is CC(C)OCCCNc1cc(NCc2cccnc2)n2ncc(Br)c2n1. The molecule has 0 spiro atoms. The van der Waals surface area contributed by atoms with Crippen LogP contribution in [0.4, 0.5) is 11.6 Å². The van der Waals surface area contributed by atoms with Crippen LogP contribution in [0, 0.1) is 0 Å². The molecule has 3 heterocycles. The molecule has 2 N–H and O–H groups in total. The predicted octanol–water partition coefficient (Wildman–Crippen LogP) is 3.73. The average molecular weight is 419 g/mol. The molecule has 3 aromatic heterocycles. The number of hydrogen-bond acceptors (Lipinski definition) is 6. The lowest BCUT2D eigenvalue weighted by Crippen LogP contribution is -2.12. The number of anilines is 2. The first-order chi connectivity index (χ1) is 12.6. The lowest BCUT2D eigenvalue weighted by molar-refractivity contribution is 0.0787. The Balaban J connectivity index is 1.70. The van der Waals surface area contributed by atoms with Crippen LogP contribution in [0.3, 0.4) is 0 Å². The van der Waals surface area contributed by atoms with Crippen molar-refractivity contribution in [2.45, 2.75) is 32.9 Å². The largest absolute Gasteiger partial charge is 0.379 e. The fourth-order valence-corrected chi connectivity index (χ4v) is 2.80. The highest BCUT2D eigenvalue weighted by Crippen LogP contribution is 2.22. The highest BCUT2D eigenvalue weighted by Gasteiger charge is 2.10. The maximum Gasteiger partial charge on any atom is 0.173 e. The van der Waals surface area contributed by atoms with Crippen LogP contribution >= 0.6 is 15.9 Å². The van der Waals surface area contributed by atoms with Crippen molar-refractivity contribution < 1.29 is 4.74 Å². The molecule has 0 bridgehead atoms. The van der Waals surface area contributed by atoms with E-state index in [1.54, 1.807) is 16.9 Å². The van der Waals surface area contributed by atoms with Gasteiger partial charge in [0, 0.05) is 38.2 Å². The van der Waals surface area contributed by atoms with Crippen molar-refractivity contribution in [1.29, 1.82) is 0 Å². The van der Waals surface area contributed by atoms with E-state index in [1.165, 1.54) is 0 Å². The van der Waals surface area contributed by atoms with Gasteiger partial charge in [-0.3, -0.25) is 4.98 Å². The maximum atomic E-state index is 5.57. The molecule has 0 aromatic carbocycles. The third-order valence-corrected chi connectivity index (χ3v) is 4.26. The molecule has 0 aliphatic heterocycles. The molecule has 0 atom stereocenters. The molecule has 3 rings (SSSR count). The Labute approximate surface area is 161 Å². The van der Waals surface area contributed by atoms with E-state index in [4.69, 9.17) is 4.74 Å². The van der Waals surface area contributed by atoms with E-state index < -0.39 is 0 Å². The molecule has 26 heavy (non-hydrogen) atoms. The van der Waals surface area contributed by atoms with Crippen LogP contribution in [0.2, 0.25) is 0 Å². The molecule has 0 aliphatic carbocycles. The zero-order chi connectivity index (χ0) is 18.4. The van der Waals surface area contributed by atoms with Crippen molar-refractivity contribution >= 4 is 33.2 Å².